The molecule has 0 saturated carbocycles. The molecule has 150 valence electrons. The molecular formula is C23H26N4O2. The van der Waals surface area contributed by atoms with Crippen LogP contribution >= 0.6 is 0 Å². The highest BCUT2D eigenvalue weighted by Crippen LogP contribution is 2.12. The third-order valence-electron chi connectivity index (χ3n) is 4.68. The van der Waals surface area contributed by atoms with Crippen molar-refractivity contribution in [1.29, 1.82) is 0 Å². The number of rotatable bonds is 8. The highest BCUT2D eigenvalue weighted by molar-refractivity contribution is 5.96. The average Bonchev–Trinajstić information content (AvgIpc) is 3.05. The van der Waals surface area contributed by atoms with E-state index < -0.39 is 0 Å². The maximum Gasteiger partial charge on any atom is 0.250 e. The average molecular weight is 390 g/mol. The second kappa shape index (κ2) is 9.30. The summed E-state index contributed by atoms with van der Waals surface area (Å²) in [5.41, 5.74) is 3.15. The van der Waals surface area contributed by atoms with Crippen LogP contribution in [0.3, 0.4) is 0 Å². The van der Waals surface area contributed by atoms with Crippen molar-refractivity contribution in [2.24, 2.45) is 0 Å². The van der Waals surface area contributed by atoms with Crippen LogP contribution in [0.2, 0.25) is 0 Å². The number of likely N-dealkylation sites (N-methyl/N-ethyl adjacent to an activating group) is 1. The van der Waals surface area contributed by atoms with Gasteiger partial charge in [-0.25, -0.2) is 0 Å². The summed E-state index contributed by atoms with van der Waals surface area (Å²) in [4.78, 5) is 27.1. The zero-order valence-corrected chi connectivity index (χ0v) is 17.1. The molecule has 0 atom stereocenters. The Morgan fingerprint density at radius 3 is 2.62 bits per heavy atom. The Bertz CT molecular complexity index is 1060. The Balaban J connectivity index is 1.75. The molecule has 1 aromatic carbocycles. The van der Waals surface area contributed by atoms with Gasteiger partial charge in [-0.1, -0.05) is 42.5 Å². The molecule has 2 heterocycles. The van der Waals surface area contributed by atoms with Crippen molar-refractivity contribution in [3.8, 4) is 0 Å². The van der Waals surface area contributed by atoms with Crippen molar-refractivity contribution in [3.63, 3.8) is 0 Å². The van der Waals surface area contributed by atoms with Gasteiger partial charge in [0.1, 0.15) is 0 Å². The lowest BCUT2D eigenvalue weighted by Crippen LogP contribution is -2.23. The van der Waals surface area contributed by atoms with Crippen LogP contribution in [-0.2, 0) is 13.1 Å². The Kier molecular flexibility index (Phi) is 6.57. The molecular weight excluding hydrogens is 364 g/mol. The summed E-state index contributed by atoms with van der Waals surface area (Å²) >= 11 is 0. The van der Waals surface area contributed by atoms with Gasteiger partial charge in [-0.2, -0.15) is 5.10 Å². The molecule has 2 aromatic heterocycles. The summed E-state index contributed by atoms with van der Waals surface area (Å²) in [5, 5.41) is 4.36. The van der Waals surface area contributed by atoms with Crippen LogP contribution in [0.1, 0.15) is 27.2 Å². The van der Waals surface area contributed by atoms with E-state index in [1.165, 1.54) is 10.6 Å². The van der Waals surface area contributed by atoms with Gasteiger partial charge in [-0.15, -0.1) is 0 Å². The fourth-order valence-corrected chi connectivity index (χ4v) is 3.05. The van der Waals surface area contributed by atoms with E-state index in [0.29, 0.717) is 12.1 Å². The van der Waals surface area contributed by atoms with E-state index in [2.05, 4.69) is 5.10 Å². The van der Waals surface area contributed by atoms with E-state index >= 15 is 0 Å². The second-order valence-corrected chi connectivity index (χ2v) is 7.30. The third kappa shape index (κ3) is 5.39. The van der Waals surface area contributed by atoms with E-state index in [-0.39, 0.29) is 17.9 Å². The minimum absolute atomic E-state index is 0.00787. The normalized spacial score (nSPS) is 11.4. The van der Waals surface area contributed by atoms with Crippen molar-refractivity contribution in [2.45, 2.75) is 20.0 Å². The number of carbonyl (C=O) groups is 1. The molecule has 0 radical (unpaired) electrons. The number of aromatic nitrogens is 3. The van der Waals surface area contributed by atoms with Crippen LogP contribution < -0.4 is 5.56 Å². The number of hydrogen-bond donors (Lipinski definition) is 0. The number of carbonyl (C=O) groups excluding carboxylic acids is 1. The standard InChI is InChI=1S/C23H26N4O2/c1-18-21(14-24-27(18)16-19-8-5-4-6-9-19)22(28)17-26-15-20(11-12-23(26)29)10-7-13-25(2)3/h4-12,14-15H,13,16-17H2,1-3H3. The number of benzene rings is 1. The van der Waals surface area contributed by atoms with Crippen LogP contribution in [0.15, 0.2) is 65.7 Å². The molecule has 0 spiro atoms. The van der Waals surface area contributed by atoms with Gasteiger partial charge in [0.2, 0.25) is 0 Å². The first-order valence-corrected chi connectivity index (χ1v) is 9.55. The van der Waals surface area contributed by atoms with Gasteiger partial charge in [0.05, 0.1) is 24.8 Å². The van der Waals surface area contributed by atoms with Gasteiger partial charge >= 0.3 is 0 Å². The smallest absolute Gasteiger partial charge is 0.250 e. The summed E-state index contributed by atoms with van der Waals surface area (Å²) in [5.74, 6) is -0.127. The number of hydrogen-bond acceptors (Lipinski definition) is 4. The summed E-state index contributed by atoms with van der Waals surface area (Å²) in [7, 11) is 3.98. The lowest BCUT2D eigenvalue weighted by atomic mass is 10.1. The molecule has 0 aliphatic rings. The molecule has 6 heteroatoms. The highest BCUT2D eigenvalue weighted by Gasteiger charge is 2.15. The molecule has 3 aromatic rings. The first-order chi connectivity index (χ1) is 13.9. The Labute approximate surface area is 170 Å². The zero-order valence-electron chi connectivity index (χ0n) is 17.1. The summed E-state index contributed by atoms with van der Waals surface area (Å²) < 4.78 is 3.26. The maximum atomic E-state index is 12.8. The van der Waals surface area contributed by atoms with E-state index in [1.807, 2.05) is 73.1 Å². The minimum atomic E-state index is -0.197. The molecule has 0 fully saturated rings. The molecule has 0 saturated heterocycles. The maximum absolute atomic E-state index is 12.8. The van der Waals surface area contributed by atoms with Crippen LogP contribution in [-0.4, -0.2) is 45.7 Å². The molecule has 0 unspecified atom stereocenters. The fourth-order valence-electron chi connectivity index (χ4n) is 3.05. The van der Waals surface area contributed by atoms with Crippen molar-refractivity contribution < 1.29 is 4.79 Å². The van der Waals surface area contributed by atoms with Crippen molar-refractivity contribution in [2.75, 3.05) is 20.6 Å². The topological polar surface area (TPSA) is 60.1 Å². The number of ketones is 1. The van der Waals surface area contributed by atoms with Crippen molar-refractivity contribution in [3.05, 3.63) is 93.7 Å². The lowest BCUT2D eigenvalue weighted by Gasteiger charge is -2.08. The molecule has 0 aliphatic heterocycles. The van der Waals surface area contributed by atoms with Crippen molar-refractivity contribution in [1.82, 2.24) is 19.2 Å². The van der Waals surface area contributed by atoms with E-state index in [4.69, 9.17) is 0 Å². The summed E-state index contributed by atoms with van der Waals surface area (Å²) in [6.45, 7) is 3.28. The quantitative estimate of drug-likeness (QED) is 0.555. The Hall–Kier alpha value is -3.25. The monoisotopic (exact) mass is 390 g/mol. The first-order valence-electron chi connectivity index (χ1n) is 9.55. The largest absolute Gasteiger partial charge is 0.307 e. The van der Waals surface area contributed by atoms with Gasteiger partial charge in [-0.05, 0) is 38.2 Å². The Morgan fingerprint density at radius 2 is 1.90 bits per heavy atom. The zero-order chi connectivity index (χ0) is 20.8. The predicted octanol–water partition coefficient (Wildman–Crippen LogP) is 2.86. The van der Waals surface area contributed by atoms with Crippen molar-refractivity contribution >= 4 is 11.9 Å². The van der Waals surface area contributed by atoms with Gasteiger partial charge in [0.15, 0.2) is 5.78 Å². The van der Waals surface area contributed by atoms with E-state index in [9.17, 15) is 9.59 Å². The van der Waals surface area contributed by atoms with Crippen LogP contribution in [0.5, 0.6) is 0 Å². The molecule has 29 heavy (non-hydrogen) atoms. The lowest BCUT2D eigenvalue weighted by molar-refractivity contribution is 0.0970. The molecule has 0 bridgehead atoms. The van der Waals surface area contributed by atoms with Gasteiger partial charge in [-0.3, -0.25) is 14.3 Å². The fraction of sp³-hybridized carbons (Fsp3) is 0.261. The number of nitrogens with zero attached hydrogens (tertiary/aromatic N) is 4. The van der Waals surface area contributed by atoms with Gasteiger partial charge in [0, 0.05) is 24.5 Å². The van der Waals surface area contributed by atoms with E-state index in [1.54, 1.807) is 18.5 Å². The van der Waals surface area contributed by atoms with Crippen LogP contribution in [0, 0.1) is 6.92 Å². The minimum Gasteiger partial charge on any atom is -0.307 e. The second-order valence-electron chi connectivity index (χ2n) is 7.30. The molecule has 6 nitrogen and oxygen atoms in total. The highest BCUT2D eigenvalue weighted by atomic mass is 16.1. The summed E-state index contributed by atoms with van der Waals surface area (Å²) in [6, 6.07) is 13.2. The Morgan fingerprint density at radius 1 is 1.14 bits per heavy atom. The van der Waals surface area contributed by atoms with E-state index in [0.717, 1.165) is 23.4 Å². The van der Waals surface area contributed by atoms with Crippen LogP contribution in [0.4, 0.5) is 0 Å². The third-order valence-corrected chi connectivity index (χ3v) is 4.68. The molecule has 3 rings (SSSR count). The van der Waals surface area contributed by atoms with Crippen LogP contribution in [0.25, 0.3) is 6.08 Å². The van der Waals surface area contributed by atoms with Gasteiger partial charge in [0.25, 0.3) is 5.56 Å². The predicted molar refractivity (Wildman–Crippen MR) is 115 cm³/mol. The van der Waals surface area contributed by atoms with Gasteiger partial charge < -0.3 is 9.47 Å². The summed E-state index contributed by atoms with van der Waals surface area (Å²) in [6.07, 6.45) is 7.27. The molecule has 0 N–H and O–H groups in total. The first kappa shape index (κ1) is 20.5. The molecule has 0 aliphatic carbocycles. The molecule has 0 amide bonds. The number of Topliss-reactive ketones (excluding diaryl/α,β-unsaturated/α-hetero) is 1. The number of pyridine rings is 1. The SMILES string of the molecule is Cc1c(C(=O)Cn2cc(C=CCN(C)C)ccc2=O)cnn1Cc1ccccc1.